The van der Waals surface area contributed by atoms with Crippen LogP contribution in [0.2, 0.25) is 0 Å². The molecular weight excluding hydrogens is 313 g/mol. The van der Waals surface area contributed by atoms with E-state index in [0.29, 0.717) is 0 Å². The smallest absolute Gasteiger partial charge is 0.123 e. The molecule has 94 valence electrons. The fraction of sp³-hybridized carbons (Fsp3) is 0.143. The Morgan fingerprint density at radius 3 is 2.50 bits per heavy atom. The van der Waals surface area contributed by atoms with Crippen LogP contribution in [0.1, 0.15) is 0 Å². The van der Waals surface area contributed by atoms with Crippen molar-refractivity contribution in [2.45, 2.75) is 4.90 Å². The number of halogens is 2. The molecule has 2 aromatic carbocycles. The van der Waals surface area contributed by atoms with Gasteiger partial charge < -0.3 is 5.32 Å². The van der Waals surface area contributed by atoms with Crippen LogP contribution in [0.3, 0.4) is 0 Å². The van der Waals surface area contributed by atoms with E-state index in [1.54, 1.807) is 23.9 Å². The van der Waals surface area contributed by atoms with Crippen molar-refractivity contribution in [3.8, 4) is 0 Å². The lowest BCUT2D eigenvalue weighted by molar-refractivity contribution is 0.626. The molecule has 0 aliphatic carbocycles. The summed E-state index contributed by atoms with van der Waals surface area (Å²) in [7, 11) is 0. The minimum atomic E-state index is -0.189. The van der Waals surface area contributed by atoms with Crippen LogP contribution in [0.4, 0.5) is 10.1 Å². The van der Waals surface area contributed by atoms with Crippen molar-refractivity contribution in [3.63, 3.8) is 0 Å². The van der Waals surface area contributed by atoms with Gasteiger partial charge in [0, 0.05) is 27.4 Å². The maximum Gasteiger partial charge on any atom is 0.123 e. The van der Waals surface area contributed by atoms with Crippen molar-refractivity contribution in [2.24, 2.45) is 0 Å². The molecule has 1 nitrogen and oxygen atoms in total. The molecule has 0 aromatic heterocycles. The molecule has 0 atom stereocenters. The fourth-order valence-corrected chi connectivity index (χ4v) is 2.68. The van der Waals surface area contributed by atoms with Gasteiger partial charge in [-0.25, -0.2) is 4.39 Å². The van der Waals surface area contributed by atoms with Crippen LogP contribution in [0.5, 0.6) is 0 Å². The second-order valence-corrected chi connectivity index (χ2v) is 5.73. The van der Waals surface area contributed by atoms with Gasteiger partial charge >= 0.3 is 0 Å². The van der Waals surface area contributed by atoms with Gasteiger partial charge in [-0.15, -0.1) is 11.8 Å². The summed E-state index contributed by atoms with van der Waals surface area (Å²) < 4.78 is 13.8. The molecule has 2 aromatic rings. The number of benzene rings is 2. The third-order valence-corrected chi connectivity index (χ3v) is 4.08. The third kappa shape index (κ3) is 4.03. The molecule has 0 saturated carbocycles. The number of hydrogen-bond acceptors (Lipinski definition) is 2. The molecule has 0 amide bonds. The zero-order valence-corrected chi connectivity index (χ0v) is 12.1. The zero-order valence-electron chi connectivity index (χ0n) is 9.70. The Bertz CT molecular complexity index is 501. The predicted molar refractivity (Wildman–Crippen MR) is 79.8 cm³/mol. The largest absolute Gasteiger partial charge is 0.383 e. The number of thioether (sulfide) groups is 1. The average Bonchev–Trinajstić information content (AvgIpc) is 2.39. The van der Waals surface area contributed by atoms with Gasteiger partial charge in [-0.1, -0.05) is 12.1 Å². The topological polar surface area (TPSA) is 12.0 Å². The molecule has 1 N–H and O–H groups in total. The summed E-state index contributed by atoms with van der Waals surface area (Å²) in [6.45, 7) is 0.866. The minimum absolute atomic E-state index is 0.189. The summed E-state index contributed by atoms with van der Waals surface area (Å²) >= 11 is 5.20. The first-order valence-electron chi connectivity index (χ1n) is 5.62. The first-order valence-corrected chi connectivity index (χ1v) is 7.40. The van der Waals surface area contributed by atoms with Crippen LogP contribution >= 0.6 is 27.7 Å². The van der Waals surface area contributed by atoms with E-state index in [9.17, 15) is 4.39 Å². The molecular formula is C14H13BrFNS. The average molecular weight is 326 g/mol. The number of rotatable bonds is 5. The van der Waals surface area contributed by atoms with Crippen molar-refractivity contribution in [1.29, 1.82) is 0 Å². The Labute approximate surface area is 119 Å². The van der Waals surface area contributed by atoms with Crippen LogP contribution in [-0.4, -0.2) is 12.3 Å². The third-order valence-electron chi connectivity index (χ3n) is 2.37. The summed E-state index contributed by atoms with van der Waals surface area (Å²) in [5.74, 6) is 0.748. The summed E-state index contributed by atoms with van der Waals surface area (Å²) in [5, 5.41) is 3.35. The summed E-state index contributed by atoms with van der Waals surface area (Å²) in [5.41, 5.74) is 1.09. The molecule has 4 heteroatoms. The molecule has 0 saturated heterocycles. The Hall–Kier alpha value is -1.00. The Kier molecular flexibility index (Phi) is 5.08. The molecule has 0 heterocycles. The number of anilines is 1. The Morgan fingerprint density at radius 2 is 1.78 bits per heavy atom. The molecule has 18 heavy (non-hydrogen) atoms. The number of nitrogens with one attached hydrogen (secondary N) is 1. The van der Waals surface area contributed by atoms with Gasteiger partial charge in [0.05, 0.1) is 0 Å². The lowest BCUT2D eigenvalue weighted by Gasteiger charge is -2.08. The molecule has 0 unspecified atom stereocenters. The monoisotopic (exact) mass is 325 g/mol. The van der Waals surface area contributed by atoms with Gasteiger partial charge in [0.2, 0.25) is 0 Å². The Morgan fingerprint density at radius 1 is 1.06 bits per heavy atom. The molecule has 0 radical (unpaired) electrons. The number of para-hydroxylation sites is 1. The van der Waals surface area contributed by atoms with Gasteiger partial charge in [-0.3, -0.25) is 0 Å². The summed E-state index contributed by atoms with van der Waals surface area (Å²) in [6, 6.07) is 14.6. The van der Waals surface area contributed by atoms with E-state index in [0.717, 1.165) is 27.4 Å². The molecule has 0 bridgehead atoms. The van der Waals surface area contributed by atoms with Crippen molar-refractivity contribution < 1.29 is 4.39 Å². The van der Waals surface area contributed by atoms with Crippen molar-refractivity contribution in [3.05, 3.63) is 58.8 Å². The first-order chi connectivity index (χ1) is 8.75. The second kappa shape index (κ2) is 6.81. The van der Waals surface area contributed by atoms with E-state index < -0.39 is 0 Å². The zero-order chi connectivity index (χ0) is 12.8. The van der Waals surface area contributed by atoms with E-state index in [2.05, 4.69) is 21.2 Å². The molecule has 0 aliphatic rings. The maximum absolute atomic E-state index is 12.7. The van der Waals surface area contributed by atoms with E-state index in [-0.39, 0.29) is 5.82 Å². The Balaban J connectivity index is 1.76. The fourth-order valence-electron chi connectivity index (χ4n) is 1.49. The van der Waals surface area contributed by atoms with E-state index in [1.165, 1.54) is 12.1 Å². The summed E-state index contributed by atoms with van der Waals surface area (Å²) in [4.78, 5) is 1.09. The highest BCUT2D eigenvalue weighted by molar-refractivity contribution is 9.10. The molecule has 2 rings (SSSR count). The maximum atomic E-state index is 12.7. The first kappa shape index (κ1) is 13.4. The van der Waals surface area contributed by atoms with Crippen molar-refractivity contribution >= 4 is 33.4 Å². The van der Waals surface area contributed by atoms with Crippen molar-refractivity contribution in [1.82, 2.24) is 0 Å². The highest BCUT2D eigenvalue weighted by atomic mass is 79.9. The minimum Gasteiger partial charge on any atom is -0.383 e. The predicted octanol–water partition coefficient (Wildman–Crippen LogP) is 4.79. The highest BCUT2D eigenvalue weighted by Crippen LogP contribution is 2.22. The standard InChI is InChI=1S/C14H13BrFNS/c15-13-3-1-2-4-14(13)17-9-10-18-12-7-5-11(16)6-8-12/h1-8,17H,9-10H2. The van der Waals surface area contributed by atoms with Gasteiger partial charge in [-0.2, -0.15) is 0 Å². The van der Waals surface area contributed by atoms with Crippen LogP contribution in [-0.2, 0) is 0 Å². The second-order valence-electron chi connectivity index (χ2n) is 3.71. The van der Waals surface area contributed by atoms with Gasteiger partial charge in [0.15, 0.2) is 0 Å². The SMILES string of the molecule is Fc1ccc(SCCNc2ccccc2Br)cc1. The van der Waals surface area contributed by atoms with Gasteiger partial charge in [0.25, 0.3) is 0 Å². The van der Waals surface area contributed by atoms with Gasteiger partial charge in [0.1, 0.15) is 5.82 Å². The molecule has 0 fully saturated rings. The normalized spacial score (nSPS) is 10.3. The summed E-state index contributed by atoms with van der Waals surface area (Å²) in [6.07, 6.45) is 0. The van der Waals surface area contributed by atoms with Gasteiger partial charge in [-0.05, 0) is 52.3 Å². The van der Waals surface area contributed by atoms with E-state index in [4.69, 9.17) is 0 Å². The van der Waals surface area contributed by atoms with Crippen molar-refractivity contribution in [2.75, 3.05) is 17.6 Å². The van der Waals surface area contributed by atoms with Crippen LogP contribution in [0.25, 0.3) is 0 Å². The lowest BCUT2D eigenvalue weighted by Crippen LogP contribution is -2.04. The quantitative estimate of drug-likeness (QED) is 0.626. The van der Waals surface area contributed by atoms with Crippen LogP contribution in [0.15, 0.2) is 57.9 Å². The molecule has 0 aliphatic heterocycles. The highest BCUT2D eigenvalue weighted by Gasteiger charge is 1.98. The molecule has 0 spiro atoms. The lowest BCUT2D eigenvalue weighted by atomic mass is 10.3. The van der Waals surface area contributed by atoms with E-state index in [1.807, 2.05) is 24.3 Å². The van der Waals surface area contributed by atoms with Crippen LogP contribution in [0, 0.1) is 5.82 Å². The van der Waals surface area contributed by atoms with E-state index >= 15 is 0 Å². The van der Waals surface area contributed by atoms with Crippen LogP contribution < -0.4 is 5.32 Å². The number of hydrogen-bond donors (Lipinski definition) is 1.